The van der Waals surface area contributed by atoms with Gasteiger partial charge in [0.1, 0.15) is 0 Å². The number of ether oxygens (including phenoxy) is 3. The molecule has 3 aromatic rings. The zero-order chi connectivity index (χ0) is 17.2. The van der Waals surface area contributed by atoms with Gasteiger partial charge in [0, 0.05) is 5.56 Å². The molecular weight excluding hydrogens is 320 g/mol. The average Bonchev–Trinajstić information content (AvgIpc) is 3.13. The number of benzene rings is 3. The van der Waals surface area contributed by atoms with Crippen LogP contribution in [0.3, 0.4) is 0 Å². The van der Waals surface area contributed by atoms with Crippen molar-refractivity contribution >= 4 is 22.5 Å². The summed E-state index contributed by atoms with van der Waals surface area (Å²) in [5.41, 5.74) is 0.853. The zero-order valence-electron chi connectivity index (χ0n) is 13.2. The maximum atomic E-state index is 12.5. The van der Waals surface area contributed by atoms with Gasteiger partial charge in [0.2, 0.25) is 12.6 Å². The standard InChI is InChI=1S/C20H14O5/c21-17(16-7-3-5-13-4-1-2-6-15(13)16)11-23-20(22)14-8-9-18-19(10-14)25-12-24-18/h1-10H,11-12H2. The molecule has 5 heteroatoms. The first-order valence-electron chi connectivity index (χ1n) is 7.80. The molecule has 0 N–H and O–H groups in total. The second-order valence-corrected chi connectivity index (χ2v) is 5.59. The summed E-state index contributed by atoms with van der Waals surface area (Å²) in [7, 11) is 0. The van der Waals surface area contributed by atoms with E-state index >= 15 is 0 Å². The van der Waals surface area contributed by atoms with E-state index in [0.29, 0.717) is 22.6 Å². The van der Waals surface area contributed by atoms with Crippen molar-refractivity contribution < 1.29 is 23.8 Å². The Bertz CT molecular complexity index is 971. The molecule has 1 aliphatic heterocycles. The van der Waals surface area contributed by atoms with E-state index in [1.807, 2.05) is 36.4 Å². The third-order valence-electron chi connectivity index (χ3n) is 4.03. The van der Waals surface area contributed by atoms with Crippen LogP contribution in [0.5, 0.6) is 11.5 Å². The van der Waals surface area contributed by atoms with Gasteiger partial charge in [-0.25, -0.2) is 4.79 Å². The number of ketones is 1. The molecule has 0 fully saturated rings. The van der Waals surface area contributed by atoms with Crippen LogP contribution in [0.2, 0.25) is 0 Å². The molecule has 5 nitrogen and oxygen atoms in total. The lowest BCUT2D eigenvalue weighted by Gasteiger charge is -2.07. The van der Waals surface area contributed by atoms with Crippen molar-refractivity contribution in [2.45, 2.75) is 0 Å². The number of carbonyl (C=O) groups excluding carboxylic acids is 2. The first-order chi connectivity index (χ1) is 12.2. The van der Waals surface area contributed by atoms with Crippen molar-refractivity contribution in [1.82, 2.24) is 0 Å². The van der Waals surface area contributed by atoms with Gasteiger partial charge < -0.3 is 14.2 Å². The van der Waals surface area contributed by atoms with E-state index in [2.05, 4.69) is 0 Å². The maximum absolute atomic E-state index is 12.5. The highest BCUT2D eigenvalue weighted by Gasteiger charge is 2.18. The Kier molecular flexibility index (Phi) is 3.82. The van der Waals surface area contributed by atoms with E-state index in [-0.39, 0.29) is 19.2 Å². The summed E-state index contributed by atoms with van der Waals surface area (Å²) in [6, 6.07) is 17.9. The highest BCUT2D eigenvalue weighted by Crippen LogP contribution is 2.32. The Labute approximate surface area is 143 Å². The number of hydrogen-bond acceptors (Lipinski definition) is 5. The summed E-state index contributed by atoms with van der Waals surface area (Å²) in [5.74, 6) is 0.260. The molecule has 124 valence electrons. The van der Waals surface area contributed by atoms with Crippen LogP contribution < -0.4 is 9.47 Å². The van der Waals surface area contributed by atoms with Crippen molar-refractivity contribution in [3.8, 4) is 11.5 Å². The van der Waals surface area contributed by atoms with Crippen LogP contribution in [0.25, 0.3) is 10.8 Å². The molecule has 25 heavy (non-hydrogen) atoms. The molecule has 1 heterocycles. The number of fused-ring (bicyclic) bond motifs is 2. The van der Waals surface area contributed by atoms with Crippen molar-refractivity contribution in [2.24, 2.45) is 0 Å². The van der Waals surface area contributed by atoms with Gasteiger partial charge in [-0.15, -0.1) is 0 Å². The summed E-state index contributed by atoms with van der Waals surface area (Å²) in [6.07, 6.45) is 0. The Hall–Kier alpha value is -3.34. The molecule has 0 saturated heterocycles. The lowest BCUT2D eigenvalue weighted by Crippen LogP contribution is -2.14. The summed E-state index contributed by atoms with van der Waals surface area (Å²) in [5, 5.41) is 1.81. The van der Waals surface area contributed by atoms with Crippen molar-refractivity contribution in [3.05, 3.63) is 71.8 Å². The van der Waals surface area contributed by atoms with Crippen LogP contribution >= 0.6 is 0 Å². The molecule has 4 rings (SSSR count). The van der Waals surface area contributed by atoms with E-state index in [1.165, 1.54) is 0 Å². The molecule has 1 aliphatic rings. The molecule has 0 amide bonds. The molecule has 0 atom stereocenters. The Morgan fingerprint density at radius 1 is 0.920 bits per heavy atom. The van der Waals surface area contributed by atoms with E-state index in [0.717, 1.165) is 10.8 Å². The highest BCUT2D eigenvalue weighted by atomic mass is 16.7. The molecule has 0 radical (unpaired) electrons. The average molecular weight is 334 g/mol. The molecule has 0 aromatic heterocycles. The fourth-order valence-corrected chi connectivity index (χ4v) is 2.78. The number of carbonyl (C=O) groups is 2. The quantitative estimate of drug-likeness (QED) is 0.539. The lowest BCUT2D eigenvalue weighted by atomic mass is 10.0. The van der Waals surface area contributed by atoms with Gasteiger partial charge in [-0.1, -0.05) is 42.5 Å². The highest BCUT2D eigenvalue weighted by molar-refractivity contribution is 6.09. The largest absolute Gasteiger partial charge is 0.454 e. The smallest absolute Gasteiger partial charge is 0.338 e. The first-order valence-corrected chi connectivity index (χ1v) is 7.80. The Morgan fingerprint density at radius 2 is 1.72 bits per heavy atom. The fourth-order valence-electron chi connectivity index (χ4n) is 2.78. The van der Waals surface area contributed by atoms with Gasteiger partial charge >= 0.3 is 5.97 Å². The van der Waals surface area contributed by atoms with Crippen LogP contribution in [-0.4, -0.2) is 25.2 Å². The van der Waals surface area contributed by atoms with Gasteiger partial charge in [-0.05, 0) is 29.0 Å². The monoisotopic (exact) mass is 334 g/mol. The van der Waals surface area contributed by atoms with Gasteiger partial charge in [0.05, 0.1) is 5.56 Å². The van der Waals surface area contributed by atoms with E-state index < -0.39 is 5.97 Å². The van der Waals surface area contributed by atoms with Crippen molar-refractivity contribution in [3.63, 3.8) is 0 Å². The van der Waals surface area contributed by atoms with Gasteiger partial charge in [0.25, 0.3) is 0 Å². The lowest BCUT2D eigenvalue weighted by molar-refractivity contribution is 0.0475. The number of esters is 1. The maximum Gasteiger partial charge on any atom is 0.338 e. The summed E-state index contributed by atoms with van der Waals surface area (Å²) in [4.78, 5) is 24.6. The van der Waals surface area contributed by atoms with Crippen LogP contribution in [0.1, 0.15) is 20.7 Å². The predicted octanol–water partition coefficient (Wildman–Crippen LogP) is 3.61. The van der Waals surface area contributed by atoms with Crippen LogP contribution in [0, 0.1) is 0 Å². The third-order valence-corrected chi connectivity index (χ3v) is 4.03. The van der Waals surface area contributed by atoms with Crippen LogP contribution in [0.4, 0.5) is 0 Å². The van der Waals surface area contributed by atoms with Gasteiger partial charge in [-0.2, -0.15) is 0 Å². The zero-order valence-corrected chi connectivity index (χ0v) is 13.2. The Balaban J connectivity index is 1.49. The normalized spacial score (nSPS) is 12.2. The van der Waals surface area contributed by atoms with Crippen LogP contribution in [-0.2, 0) is 4.74 Å². The molecule has 0 spiro atoms. The summed E-state index contributed by atoms with van der Waals surface area (Å²) >= 11 is 0. The van der Waals surface area contributed by atoms with Crippen molar-refractivity contribution in [1.29, 1.82) is 0 Å². The minimum absolute atomic E-state index is 0.132. The third kappa shape index (κ3) is 2.92. The SMILES string of the molecule is O=C(OCC(=O)c1cccc2ccccc12)c1ccc2c(c1)OCO2. The minimum Gasteiger partial charge on any atom is -0.454 e. The molecule has 0 aliphatic carbocycles. The number of rotatable bonds is 4. The summed E-state index contributed by atoms with van der Waals surface area (Å²) in [6.45, 7) is -0.186. The molecular formula is C20H14O5. The summed E-state index contributed by atoms with van der Waals surface area (Å²) < 4.78 is 15.6. The van der Waals surface area contributed by atoms with E-state index in [1.54, 1.807) is 24.3 Å². The van der Waals surface area contributed by atoms with Gasteiger partial charge in [0.15, 0.2) is 18.1 Å². The van der Waals surface area contributed by atoms with E-state index in [9.17, 15) is 9.59 Å². The predicted molar refractivity (Wildman–Crippen MR) is 91.1 cm³/mol. The number of hydrogen-bond donors (Lipinski definition) is 0. The second kappa shape index (κ2) is 6.28. The second-order valence-electron chi connectivity index (χ2n) is 5.59. The van der Waals surface area contributed by atoms with Crippen molar-refractivity contribution in [2.75, 3.05) is 13.4 Å². The molecule has 3 aromatic carbocycles. The fraction of sp³-hybridized carbons (Fsp3) is 0.100. The van der Waals surface area contributed by atoms with E-state index in [4.69, 9.17) is 14.2 Å². The number of Topliss-reactive ketones (excluding diaryl/α,β-unsaturated/α-hetero) is 1. The van der Waals surface area contributed by atoms with Gasteiger partial charge in [-0.3, -0.25) is 4.79 Å². The Morgan fingerprint density at radius 3 is 2.64 bits per heavy atom. The first kappa shape index (κ1) is 15.2. The molecule has 0 unspecified atom stereocenters. The molecule has 0 saturated carbocycles. The molecule has 0 bridgehead atoms. The topological polar surface area (TPSA) is 61.8 Å². The van der Waals surface area contributed by atoms with Crippen LogP contribution in [0.15, 0.2) is 60.7 Å². The minimum atomic E-state index is -0.577.